The molecule has 31 heavy (non-hydrogen) atoms. The summed E-state index contributed by atoms with van der Waals surface area (Å²) in [7, 11) is 0. The molecule has 1 amide bonds. The quantitative estimate of drug-likeness (QED) is 0.393. The Morgan fingerprint density at radius 3 is 2.61 bits per heavy atom. The van der Waals surface area contributed by atoms with Crippen LogP contribution in [0.25, 0.3) is 0 Å². The highest BCUT2D eigenvalue weighted by atomic mass is 16.1. The summed E-state index contributed by atoms with van der Waals surface area (Å²) in [6.07, 6.45) is 7.73. The molecule has 1 unspecified atom stereocenters. The van der Waals surface area contributed by atoms with Crippen LogP contribution in [0.5, 0.6) is 0 Å². The number of carbonyl (C=O) groups is 1. The van der Waals surface area contributed by atoms with Gasteiger partial charge in [0.25, 0.3) is 0 Å². The molecule has 1 aliphatic carbocycles. The van der Waals surface area contributed by atoms with Crippen molar-refractivity contribution in [2.75, 3.05) is 6.67 Å². The van der Waals surface area contributed by atoms with Crippen molar-refractivity contribution in [2.24, 2.45) is 0 Å². The van der Waals surface area contributed by atoms with E-state index in [1.54, 1.807) is 0 Å². The number of hydrogen-bond donors (Lipinski definition) is 2. The van der Waals surface area contributed by atoms with E-state index in [1.165, 1.54) is 16.7 Å². The second-order valence-corrected chi connectivity index (χ2v) is 7.92. The molecule has 0 radical (unpaired) electrons. The average Bonchev–Trinajstić information content (AvgIpc) is 2.83. The van der Waals surface area contributed by atoms with Crippen molar-refractivity contribution in [3.8, 4) is 0 Å². The van der Waals surface area contributed by atoms with Gasteiger partial charge in [-0.25, -0.2) is 0 Å². The summed E-state index contributed by atoms with van der Waals surface area (Å²) in [5, 5.41) is 6.29. The average molecular weight is 416 g/mol. The normalized spacial score (nSPS) is 15.5. The second-order valence-electron chi connectivity index (χ2n) is 7.92. The van der Waals surface area contributed by atoms with Gasteiger partial charge in [-0.05, 0) is 54.2 Å². The Labute approximate surface area is 183 Å². The fraction of sp³-hybridized carbons (Fsp3) is 0.320. The number of rotatable bonds is 10. The van der Waals surface area contributed by atoms with Crippen LogP contribution in [0.3, 0.4) is 0 Å². The van der Waals surface area contributed by atoms with E-state index in [4.69, 9.17) is 0 Å². The summed E-state index contributed by atoms with van der Waals surface area (Å²) in [6.45, 7) is 2.83. The molecular weight excluding hydrogens is 386 g/mol. The maximum Gasteiger partial charge on any atom is 0.208 e. The third-order valence-corrected chi connectivity index (χ3v) is 5.75. The molecule has 2 aromatic heterocycles. The standard InChI is InChI=1S/C25H29N5O/c31-19-27-18-30(24-8-3-5-22-6-4-14-29-25(22)24)17-21-11-9-20(10-12-21)15-26-16-23-7-1-2-13-28-23/h1-2,4,6-7,9-14,19,24,26H,3,5,8,15-18H2,(H,27,31). The predicted octanol–water partition coefficient (Wildman–Crippen LogP) is 3.35. The minimum absolute atomic E-state index is 0.220. The molecule has 0 saturated heterocycles. The smallest absolute Gasteiger partial charge is 0.208 e. The Kier molecular flexibility index (Phi) is 7.37. The maximum atomic E-state index is 11.0. The van der Waals surface area contributed by atoms with Crippen molar-refractivity contribution in [1.82, 2.24) is 25.5 Å². The van der Waals surface area contributed by atoms with Crippen LogP contribution >= 0.6 is 0 Å². The minimum Gasteiger partial charge on any atom is -0.346 e. The summed E-state index contributed by atoms with van der Waals surface area (Å²) < 4.78 is 0. The van der Waals surface area contributed by atoms with E-state index in [0.717, 1.165) is 56.7 Å². The number of carbonyl (C=O) groups excluding carboxylic acids is 1. The molecule has 2 N–H and O–H groups in total. The first-order chi connectivity index (χ1) is 15.3. The van der Waals surface area contributed by atoms with E-state index in [0.29, 0.717) is 6.67 Å². The highest BCUT2D eigenvalue weighted by Crippen LogP contribution is 2.33. The molecule has 0 fully saturated rings. The van der Waals surface area contributed by atoms with Gasteiger partial charge in [0.15, 0.2) is 0 Å². The molecule has 0 aliphatic heterocycles. The monoisotopic (exact) mass is 415 g/mol. The number of pyridine rings is 2. The summed E-state index contributed by atoms with van der Waals surface area (Å²) in [5.41, 5.74) is 5.98. The van der Waals surface area contributed by atoms with Crippen LogP contribution in [0.15, 0.2) is 67.0 Å². The van der Waals surface area contributed by atoms with Gasteiger partial charge in [-0.3, -0.25) is 19.7 Å². The number of amides is 1. The van der Waals surface area contributed by atoms with Gasteiger partial charge in [-0.15, -0.1) is 0 Å². The van der Waals surface area contributed by atoms with E-state index in [1.807, 2.05) is 36.7 Å². The van der Waals surface area contributed by atoms with Gasteiger partial charge in [0.1, 0.15) is 0 Å². The van der Waals surface area contributed by atoms with Crippen molar-refractivity contribution in [2.45, 2.75) is 44.9 Å². The SMILES string of the molecule is O=CNCN(Cc1ccc(CNCc2ccccn2)cc1)C1CCCc2cccnc21. The predicted molar refractivity (Wildman–Crippen MR) is 121 cm³/mol. The Balaban J connectivity index is 1.39. The number of aryl methyl sites for hydroxylation is 1. The van der Waals surface area contributed by atoms with Crippen molar-refractivity contribution in [3.05, 3.63) is 95.1 Å². The van der Waals surface area contributed by atoms with E-state index in [2.05, 4.69) is 55.8 Å². The highest BCUT2D eigenvalue weighted by molar-refractivity contribution is 5.45. The number of aromatic nitrogens is 2. The van der Waals surface area contributed by atoms with Crippen molar-refractivity contribution in [1.29, 1.82) is 0 Å². The lowest BCUT2D eigenvalue weighted by molar-refractivity contribution is -0.110. The second kappa shape index (κ2) is 10.8. The Morgan fingerprint density at radius 1 is 0.968 bits per heavy atom. The molecule has 1 aliphatic rings. The summed E-state index contributed by atoms with van der Waals surface area (Å²) in [5.74, 6) is 0. The maximum absolute atomic E-state index is 11.0. The Morgan fingerprint density at radius 2 is 1.81 bits per heavy atom. The lowest BCUT2D eigenvalue weighted by atomic mass is 9.90. The van der Waals surface area contributed by atoms with E-state index in [-0.39, 0.29) is 6.04 Å². The van der Waals surface area contributed by atoms with Crippen molar-refractivity contribution < 1.29 is 4.79 Å². The highest BCUT2D eigenvalue weighted by Gasteiger charge is 2.27. The number of nitrogens with one attached hydrogen (secondary N) is 2. The van der Waals surface area contributed by atoms with Gasteiger partial charge in [0.2, 0.25) is 6.41 Å². The molecular formula is C25H29N5O. The van der Waals surface area contributed by atoms with Crippen molar-refractivity contribution >= 4 is 6.41 Å². The molecule has 6 heteroatoms. The van der Waals surface area contributed by atoms with Crippen LogP contribution in [-0.2, 0) is 30.8 Å². The largest absolute Gasteiger partial charge is 0.346 e. The third-order valence-electron chi connectivity index (χ3n) is 5.75. The minimum atomic E-state index is 0.220. The lowest BCUT2D eigenvalue weighted by Crippen LogP contribution is -2.38. The molecule has 1 aromatic carbocycles. The number of nitrogens with zero attached hydrogens (tertiary/aromatic N) is 3. The summed E-state index contributed by atoms with van der Waals surface area (Å²) >= 11 is 0. The molecule has 4 rings (SSSR count). The fourth-order valence-electron chi connectivity index (χ4n) is 4.21. The zero-order valence-corrected chi connectivity index (χ0v) is 17.7. The van der Waals surface area contributed by atoms with Crippen LogP contribution in [0.2, 0.25) is 0 Å². The summed E-state index contributed by atoms with van der Waals surface area (Å²) in [6, 6.07) is 19.0. The molecule has 0 bridgehead atoms. The van der Waals surface area contributed by atoms with Gasteiger partial charge in [-0.2, -0.15) is 0 Å². The fourth-order valence-corrected chi connectivity index (χ4v) is 4.21. The third kappa shape index (κ3) is 5.75. The van der Waals surface area contributed by atoms with Gasteiger partial charge in [0.05, 0.1) is 24.1 Å². The van der Waals surface area contributed by atoms with Crippen LogP contribution < -0.4 is 10.6 Å². The van der Waals surface area contributed by atoms with E-state index >= 15 is 0 Å². The Bertz CT molecular complexity index is 961. The lowest BCUT2D eigenvalue weighted by Gasteiger charge is -2.34. The van der Waals surface area contributed by atoms with Gasteiger partial charge in [0, 0.05) is 32.0 Å². The number of benzene rings is 1. The van der Waals surface area contributed by atoms with Gasteiger partial charge >= 0.3 is 0 Å². The molecule has 6 nitrogen and oxygen atoms in total. The van der Waals surface area contributed by atoms with Gasteiger partial charge in [-0.1, -0.05) is 36.4 Å². The topological polar surface area (TPSA) is 70.2 Å². The first-order valence-electron chi connectivity index (χ1n) is 10.9. The molecule has 3 aromatic rings. The zero-order chi connectivity index (χ0) is 21.3. The van der Waals surface area contributed by atoms with Crippen molar-refractivity contribution in [3.63, 3.8) is 0 Å². The molecule has 2 heterocycles. The van der Waals surface area contributed by atoms with Crippen LogP contribution in [0, 0.1) is 0 Å². The molecule has 0 spiro atoms. The van der Waals surface area contributed by atoms with Crippen LogP contribution in [-0.4, -0.2) is 27.9 Å². The molecule has 1 atom stereocenters. The van der Waals surface area contributed by atoms with E-state index < -0.39 is 0 Å². The molecule has 160 valence electrons. The first-order valence-corrected chi connectivity index (χ1v) is 10.9. The van der Waals surface area contributed by atoms with Crippen LogP contribution in [0.4, 0.5) is 0 Å². The summed E-state index contributed by atoms with van der Waals surface area (Å²) in [4.78, 5) is 22.3. The zero-order valence-electron chi connectivity index (χ0n) is 17.7. The Hall–Kier alpha value is -3.09. The van der Waals surface area contributed by atoms with Gasteiger partial charge < -0.3 is 10.6 Å². The number of fused-ring (bicyclic) bond motifs is 1. The first kappa shape index (κ1) is 21.2. The molecule has 0 saturated carbocycles. The van der Waals surface area contributed by atoms with Crippen LogP contribution in [0.1, 0.15) is 47.0 Å². The van der Waals surface area contributed by atoms with E-state index in [9.17, 15) is 4.79 Å². The number of hydrogen-bond acceptors (Lipinski definition) is 5.